The highest BCUT2D eigenvalue weighted by Gasteiger charge is 2.41. The lowest BCUT2D eigenvalue weighted by Crippen LogP contribution is -2.61. The number of nitrogens with two attached hydrogens (primary N) is 3. The van der Waals surface area contributed by atoms with E-state index in [0.717, 1.165) is 0 Å². The molecule has 1 aliphatic rings. The van der Waals surface area contributed by atoms with Gasteiger partial charge < -0.3 is 74.3 Å². The number of nitrogens with one attached hydrogen (secondary N) is 7. The van der Waals surface area contributed by atoms with Crippen molar-refractivity contribution in [2.45, 2.75) is 127 Å². The number of nitrogens with zero attached hydrogens (tertiary/aromatic N) is 3. The molecular formula is C48H67N13O12. The quantitative estimate of drug-likeness (QED) is 0.0214. The summed E-state index contributed by atoms with van der Waals surface area (Å²) < 4.78 is 0. The van der Waals surface area contributed by atoms with Gasteiger partial charge in [0.2, 0.25) is 41.4 Å². The maximum absolute atomic E-state index is 14.5. The molecular weight excluding hydrogens is 951 g/mol. The van der Waals surface area contributed by atoms with Gasteiger partial charge >= 0.3 is 11.9 Å². The molecule has 9 atom stereocenters. The fraction of sp³-hybridized carbons (Fsp3) is 0.479. The van der Waals surface area contributed by atoms with Crippen molar-refractivity contribution in [1.29, 1.82) is 0 Å². The topological polar surface area (TPSA) is 409 Å². The van der Waals surface area contributed by atoms with E-state index in [1.54, 1.807) is 44.2 Å². The molecule has 0 unspecified atom stereocenters. The maximum atomic E-state index is 14.5. The first-order valence-electron chi connectivity index (χ1n) is 23.8. The van der Waals surface area contributed by atoms with Crippen LogP contribution in [0.4, 0.5) is 0 Å². The van der Waals surface area contributed by atoms with Crippen molar-refractivity contribution in [2.75, 3.05) is 13.1 Å². The van der Waals surface area contributed by atoms with Crippen molar-refractivity contribution >= 4 is 59.2 Å². The van der Waals surface area contributed by atoms with Crippen LogP contribution < -0.4 is 49.1 Å². The monoisotopic (exact) mass is 1020 g/mol. The van der Waals surface area contributed by atoms with Crippen molar-refractivity contribution in [3.63, 3.8) is 0 Å². The van der Waals surface area contributed by atoms with E-state index in [9.17, 15) is 53.4 Å². The standard InChI is InChI=1S/C48H67N13O12/c1-4-26(2)39(45(70)58-35(22-30-24-52-25-54-30)46(71)61-19-9-13-37(61)44(69)59-36(47(72)73)21-28-10-6-5-7-11-28)60-43(68)34(20-29-14-16-31(62)17-15-29)57-40(65)27(3)55-42(67)33(12-8-18-53-48(50)51)56-41(66)32(49)23-38(63)64/h5-7,10-11,14-17,24-27,32-37,39,62H,4,8-9,12-13,18-23,49H2,1-3H3,(H,52,54)(H,55,67)(H,56,66)(H,57,65)(H,58,70)(H,59,69)(H,60,68)(H,63,64)(H,72,73)(H4,50,51,53)/t26-,27-,32-,33-,34-,35-,36-,37-,39-/m0/s1. The number of aliphatic imine (C=N–C) groups is 1. The van der Waals surface area contributed by atoms with E-state index in [1.165, 1.54) is 48.6 Å². The normalized spacial score (nSPS) is 16.4. The summed E-state index contributed by atoms with van der Waals surface area (Å²) in [6, 6.07) is 3.93. The third kappa shape index (κ3) is 18.2. The Morgan fingerprint density at radius 1 is 0.767 bits per heavy atom. The fourth-order valence-electron chi connectivity index (χ4n) is 7.94. The summed E-state index contributed by atoms with van der Waals surface area (Å²) in [5.41, 5.74) is 18.1. The van der Waals surface area contributed by atoms with Gasteiger partial charge in [-0.3, -0.25) is 43.3 Å². The minimum atomic E-state index is -1.50. The molecule has 0 radical (unpaired) electrons. The average molecular weight is 1020 g/mol. The number of H-pyrrole nitrogens is 1. The first-order chi connectivity index (χ1) is 34.7. The Morgan fingerprint density at radius 2 is 1.40 bits per heavy atom. The second-order valence-corrected chi connectivity index (χ2v) is 17.9. The van der Waals surface area contributed by atoms with E-state index in [4.69, 9.17) is 22.3 Å². The van der Waals surface area contributed by atoms with Crippen LogP contribution in [0.1, 0.15) is 76.1 Å². The number of aromatic hydroxyl groups is 1. The van der Waals surface area contributed by atoms with Gasteiger partial charge in [0.15, 0.2) is 5.96 Å². The Bertz CT molecular complexity index is 2400. The van der Waals surface area contributed by atoms with Gasteiger partial charge in [0, 0.05) is 44.2 Å². The molecule has 16 N–H and O–H groups in total. The van der Waals surface area contributed by atoms with Crippen molar-refractivity contribution in [2.24, 2.45) is 28.1 Å². The van der Waals surface area contributed by atoms with Gasteiger partial charge in [0.25, 0.3) is 0 Å². The maximum Gasteiger partial charge on any atom is 0.326 e. The van der Waals surface area contributed by atoms with Crippen LogP contribution in [0.15, 0.2) is 72.1 Å². The van der Waals surface area contributed by atoms with Crippen LogP contribution in [0.3, 0.4) is 0 Å². The van der Waals surface area contributed by atoms with Crippen molar-refractivity contribution < 1.29 is 58.5 Å². The molecule has 2 aromatic carbocycles. The van der Waals surface area contributed by atoms with Crippen LogP contribution in [0.2, 0.25) is 0 Å². The summed E-state index contributed by atoms with van der Waals surface area (Å²) in [6.45, 7) is 4.97. The number of phenols is 1. The number of guanidine groups is 1. The minimum Gasteiger partial charge on any atom is -0.508 e. The van der Waals surface area contributed by atoms with Gasteiger partial charge in [-0.05, 0) is 61.8 Å². The van der Waals surface area contributed by atoms with Crippen LogP contribution >= 0.6 is 0 Å². The molecule has 1 aromatic heterocycles. The number of aromatic amines is 1. The number of hydrogen-bond acceptors (Lipinski definition) is 13. The van der Waals surface area contributed by atoms with Crippen LogP contribution in [0.5, 0.6) is 5.75 Å². The molecule has 4 rings (SSSR count). The summed E-state index contributed by atoms with van der Waals surface area (Å²) in [5, 5.41) is 44.7. The molecule has 25 heteroatoms. The molecule has 3 aromatic rings. The van der Waals surface area contributed by atoms with E-state index >= 15 is 0 Å². The summed E-state index contributed by atoms with van der Waals surface area (Å²) in [5.74, 6) is -9.07. The third-order valence-electron chi connectivity index (χ3n) is 12.2. The molecule has 396 valence electrons. The second kappa shape index (κ2) is 28.1. The Balaban J connectivity index is 1.55. The second-order valence-electron chi connectivity index (χ2n) is 17.9. The van der Waals surface area contributed by atoms with Crippen molar-refractivity contribution in [1.82, 2.24) is 46.8 Å². The fourth-order valence-corrected chi connectivity index (χ4v) is 7.94. The number of carboxylic acid groups (broad SMARTS) is 2. The summed E-state index contributed by atoms with van der Waals surface area (Å²) in [4.78, 5) is 133. The molecule has 1 saturated heterocycles. The Hall–Kier alpha value is -8.09. The molecule has 0 aliphatic carbocycles. The number of carboxylic acids is 2. The molecule has 2 heterocycles. The lowest BCUT2D eigenvalue weighted by atomic mass is 9.96. The molecule has 25 nitrogen and oxygen atoms in total. The SMILES string of the molecule is CC[C@H](C)[C@H](NC(=O)[C@H](Cc1ccc(O)cc1)NC(=O)[C@H](C)NC(=O)[C@H](CCCN=C(N)N)NC(=O)[C@@H](N)CC(=O)O)C(=O)N[C@@H](Cc1cnc[nH]1)C(=O)N1CCC[C@H]1C(=O)N[C@@H](Cc1ccccc1)C(=O)O. The summed E-state index contributed by atoms with van der Waals surface area (Å²) >= 11 is 0. The number of amides is 7. The predicted molar refractivity (Wildman–Crippen MR) is 263 cm³/mol. The van der Waals surface area contributed by atoms with Crippen LogP contribution in [0.25, 0.3) is 0 Å². The van der Waals surface area contributed by atoms with E-state index in [-0.39, 0.29) is 63.3 Å². The lowest BCUT2D eigenvalue weighted by molar-refractivity contribution is -0.145. The number of likely N-dealkylation sites (tertiary alicyclic amines) is 1. The highest BCUT2D eigenvalue weighted by Crippen LogP contribution is 2.21. The number of benzene rings is 2. The van der Waals surface area contributed by atoms with E-state index in [0.29, 0.717) is 29.7 Å². The first kappa shape index (κ1) is 57.5. The number of carbonyl (C=O) groups is 9. The Morgan fingerprint density at radius 3 is 2.01 bits per heavy atom. The smallest absolute Gasteiger partial charge is 0.326 e. The zero-order valence-electron chi connectivity index (χ0n) is 40.9. The zero-order chi connectivity index (χ0) is 53.8. The number of aliphatic carboxylic acids is 2. The predicted octanol–water partition coefficient (Wildman–Crippen LogP) is -1.95. The van der Waals surface area contributed by atoms with Crippen LogP contribution in [-0.4, -0.2) is 151 Å². The first-order valence-corrected chi connectivity index (χ1v) is 23.8. The van der Waals surface area contributed by atoms with Gasteiger partial charge in [0.1, 0.15) is 48.0 Å². The average Bonchev–Trinajstić information content (AvgIpc) is 4.07. The van der Waals surface area contributed by atoms with E-state index < -0.39 is 114 Å². The number of phenolic OH excluding ortho intramolecular Hbond substituents is 1. The van der Waals surface area contributed by atoms with Gasteiger partial charge in [0.05, 0.1) is 18.8 Å². The molecule has 0 spiro atoms. The largest absolute Gasteiger partial charge is 0.508 e. The third-order valence-corrected chi connectivity index (χ3v) is 12.2. The molecule has 0 bridgehead atoms. The lowest BCUT2D eigenvalue weighted by Gasteiger charge is -2.31. The van der Waals surface area contributed by atoms with Crippen molar-refractivity contribution in [3.8, 4) is 5.75 Å². The molecule has 1 fully saturated rings. The van der Waals surface area contributed by atoms with Crippen molar-refractivity contribution in [3.05, 3.63) is 83.9 Å². The van der Waals surface area contributed by atoms with E-state index in [1.807, 2.05) is 0 Å². The summed E-state index contributed by atoms with van der Waals surface area (Å²) in [7, 11) is 0. The number of aromatic nitrogens is 2. The van der Waals surface area contributed by atoms with Gasteiger partial charge in [-0.2, -0.15) is 0 Å². The Labute approximate surface area is 421 Å². The number of carbonyl (C=O) groups excluding carboxylic acids is 7. The minimum absolute atomic E-state index is 0.00139. The molecule has 7 amide bonds. The zero-order valence-corrected chi connectivity index (χ0v) is 40.9. The van der Waals surface area contributed by atoms with E-state index in [2.05, 4.69) is 46.9 Å². The van der Waals surface area contributed by atoms with Gasteiger partial charge in [-0.25, -0.2) is 9.78 Å². The molecule has 73 heavy (non-hydrogen) atoms. The van der Waals surface area contributed by atoms with Crippen LogP contribution in [0, 0.1) is 5.92 Å². The highest BCUT2D eigenvalue weighted by molar-refractivity contribution is 5.98. The highest BCUT2D eigenvalue weighted by atomic mass is 16.4. The van der Waals surface area contributed by atoms with Gasteiger partial charge in [-0.15, -0.1) is 0 Å². The summed E-state index contributed by atoms with van der Waals surface area (Å²) in [6.07, 6.45) is 2.93. The Kier molecular flexibility index (Phi) is 22.1. The van der Waals surface area contributed by atoms with Gasteiger partial charge in [-0.1, -0.05) is 62.7 Å². The van der Waals surface area contributed by atoms with Crippen LogP contribution in [-0.2, 0) is 62.4 Å². The number of hydrogen-bond donors (Lipinski definition) is 13. The molecule has 1 aliphatic heterocycles. The number of rotatable bonds is 28. The molecule has 0 saturated carbocycles. The number of imidazole rings is 1.